The van der Waals surface area contributed by atoms with Crippen molar-refractivity contribution in [3.63, 3.8) is 0 Å². The largest absolute Gasteiger partial charge is 0.358 e. The number of pyridine rings is 1. The van der Waals surface area contributed by atoms with Crippen molar-refractivity contribution in [1.29, 1.82) is 0 Å². The van der Waals surface area contributed by atoms with Gasteiger partial charge in [0.2, 0.25) is 0 Å². The Labute approximate surface area is 132 Å². The van der Waals surface area contributed by atoms with E-state index in [1.807, 2.05) is 13.0 Å². The Morgan fingerprint density at radius 3 is 2.77 bits per heavy atom. The Balaban J connectivity index is 2.03. The molecule has 22 heavy (non-hydrogen) atoms. The van der Waals surface area contributed by atoms with Gasteiger partial charge in [0.1, 0.15) is 6.54 Å². The number of aromatic amines is 1. The lowest BCUT2D eigenvalue weighted by atomic mass is 9.98. The number of aryl methyl sites for hydroxylation is 3. The average Bonchev–Trinajstić information content (AvgIpc) is 2.48. The first-order valence-electron chi connectivity index (χ1n) is 8.42. The highest BCUT2D eigenvalue weighted by Crippen LogP contribution is 2.18. The quantitative estimate of drug-likeness (QED) is 0.877. The molecule has 0 amide bonds. The Hall–Kier alpha value is -1.61. The molecule has 1 aromatic carbocycles. The molecule has 1 aromatic heterocycles. The van der Waals surface area contributed by atoms with E-state index >= 15 is 0 Å². The van der Waals surface area contributed by atoms with Gasteiger partial charge in [0, 0.05) is 17.0 Å². The van der Waals surface area contributed by atoms with Gasteiger partial charge in [0.25, 0.3) is 0 Å². The number of fused-ring (bicyclic) bond motifs is 1. The van der Waals surface area contributed by atoms with E-state index in [2.05, 4.69) is 31.8 Å². The fourth-order valence-corrected chi connectivity index (χ4v) is 3.78. The first-order valence-corrected chi connectivity index (χ1v) is 8.42. The van der Waals surface area contributed by atoms with Crippen LogP contribution in [0.15, 0.2) is 16.9 Å². The van der Waals surface area contributed by atoms with Crippen LogP contribution in [0, 0.1) is 26.7 Å². The number of aromatic nitrogens is 1. The maximum absolute atomic E-state index is 12.9. The molecule has 2 heterocycles. The summed E-state index contributed by atoms with van der Waals surface area (Å²) in [4.78, 5) is 18.0. The number of benzene rings is 1. The molecule has 1 unspecified atom stereocenters. The van der Waals surface area contributed by atoms with Gasteiger partial charge in [-0.2, -0.15) is 0 Å². The lowest BCUT2D eigenvalue weighted by Crippen LogP contribution is -3.12. The monoisotopic (exact) mass is 299 g/mol. The van der Waals surface area contributed by atoms with Gasteiger partial charge in [0.05, 0.1) is 24.2 Å². The summed E-state index contributed by atoms with van der Waals surface area (Å²) in [5.74, 6) is 0.772. The van der Waals surface area contributed by atoms with Crippen LogP contribution in [0.3, 0.4) is 0 Å². The second-order valence-electron chi connectivity index (χ2n) is 7.12. The topological polar surface area (TPSA) is 37.3 Å². The molecule has 2 aromatic rings. The van der Waals surface area contributed by atoms with Gasteiger partial charge in [-0.25, -0.2) is 0 Å². The van der Waals surface area contributed by atoms with E-state index in [0.29, 0.717) is 0 Å². The number of piperidine rings is 1. The molecule has 3 nitrogen and oxygen atoms in total. The first-order chi connectivity index (χ1) is 10.5. The summed E-state index contributed by atoms with van der Waals surface area (Å²) >= 11 is 0. The second kappa shape index (κ2) is 5.88. The molecule has 0 spiro atoms. The minimum atomic E-state index is 0.222. The number of H-pyrrole nitrogens is 1. The maximum atomic E-state index is 12.9. The fraction of sp³-hybridized carbons (Fsp3) is 0.526. The molecule has 2 N–H and O–H groups in total. The zero-order valence-electron chi connectivity index (χ0n) is 14.2. The van der Waals surface area contributed by atoms with Crippen LogP contribution in [0.4, 0.5) is 0 Å². The molecule has 0 saturated carbocycles. The van der Waals surface area contributed by atoms with Crippen LogP contribution in [0.25, 0.3) is 10.9 Å². The molecular formula is C19H27N2O+. The third-order valence-electron chi connectivity index (χ3n) is 5.31. The van der Waals surface area contributed by atoms with Crippen LogP contribution in [0.5, 0.6) is 0 Å². The molecule has 2 atom stereocenters. The Morgan fingerprint density at radius 1 is 1.27 bits per heavy atom. The van der Waals surface area contributed by atoms with Crippen molar-refractivity contribution in [3.8, 4) is 0 Å². The standard InChI is InChI=1S/C19H26N2O/c1-12-6-5-9-21(10-12)11-17-15(4)20-18-14(3)13(2)7-8-16(18)19(17)22/h7-8,12H,5-6,9-11H2,1-4H3,(H,20,22)/p+1/t12-/m1/s1. The number of hydrogen-bond donors (Lipinski definition) is 2. The lowest BCUT2D eigenvalue weighted by molar-refractivity contribution is -0.922. The van der Waals surface area contributed by atoms with Gasteiger partial charge in [-0.3, -0.25) is 4.79 Å². The molecule has 0 aliphatic carbocycles. The second-order valence-corrected chi connectivity index (χ2v) is 7.12. The van der Waals surface area contributed by atoms with Gasteiger partial charge in [-0.05, 0) is 50.8 Å². The summed E-state index contributed by atoms with van der Waals surface area (Å²) in [6.45, 7) is 11.8. The van der Waals surface area contributed by atoms with Crippen molar-refractivity contribution < 1.29 is 4.90 Å². The Morgan fingerprint density at radius 2 is 2.05 bits per heavy atom. The number of rotatable bonds is 2. The van der Waals surface area contributed by atoms with E-state index in [4.69, 9.17) is 0 Å². The van der Waals surface area contributed by atoms with Crippen LogP contribution >= 0.6 is 0 Å². The van der Waals surface area contributed by atoms with E-state index in [9.17, 15) is 4.79 Å². The van der Waals surface area contributed by atoms with Crippen molar-refractivity contribution in [2.45, 2.75) is 47.1 Å². The predicted octanol–water partition coefficient (Wildman–Crippen LogP) is 2.27. The maximum Gasteiger partial charge on any atom is 0.198 e. The summed E-state index contributed by atoms with van der Waals surface area (Å²) in [6.07, 6.45) is 2.61. The van der Waals surface area contributed by atoms with Crippen LogP contribution in [0.1, 0.15) is 42.1 Å². The van der Waals surface area contributed by atoms with Crippen LogP contribution in [-0.4, -0.2) is 18.1 Å². The molecule has 3 rings (SSSR count). The predicted molar refractivity (Wildman–Crippen MR) is 91.6 cm³/mol. The van der Waals surface area contributed by atoms with Crippen molar-refractivity contribution in [2.24, 2.45) is 5.92 Å². The zero-order valence-corrected chi connectivity index (χ0v) is 14.2. The number of nitrogens with one attached hydrogen (secondary N) is 2. The first kappa shape index (κ1) is 15.3. The van der Waals surface area contributed by atoms with Crippen LogP contribution in [0.2, 0.25) is 0 Å². The molecule has 0 bridgehead atoms. The molecule has 1 saturated heterocycles. The van der Waals surface area contributed by atoms with Crippen molar-refractivity contribution in [3.05, 3.63) is 44.7 Å². The van der Waals surface area contributed by atoms with Crippen molar-refractivity contribution in [2.75, 3.05) is 13.1 Å². The molecule has 1 fully saturated rings. The van der Waals surface area contributed by atoms with Gasteiger partial charge in [0.15, 0.2) is 5.43 Å². The van der Waals surface area contributed by atoms with E-state index in [1.54, 1.807) is 4.90 Å². The smallest absolute Gasteiger partial charge is 0.198 e. The van der Waals surface area contributed by atoms with Gasteiger partial charge >= 0.3 is 0 Å². The highest BCUT2D eigenvalue weighted by Gasteiger charge is 2.22. The average molecular weight is 299 g/mol. The lowest BCUT2D eigenvalue weighted by Gasteiger charge is -2.28. The third-order valence-corrected chi connectivity index (χ3v) is 5.31. The fourth-order valence-electron chi connectivity index (χ4n) is 3.78. The summed E-state index contributed by atoms with van der Waals surface area (Å²) in [6, 6.07) is 4.04. The highest BCUT2D eigenvalue weighted by atomic mass is 16.1. The van der Waals surface area contributed by atoms with Crippen LogP contribution in [-0.2, 0) is 6.54 Å². The van der Waals surface area contributed by atoms with Gasteiger partial charge < -0.3 is 9.88 Å². The number of hydrogen-bond acceptors (Lipinski definition) is 1. The van der Waals surface area contributed by atoms with Crippen molar-refractivity contribution in [1.82, 2.24) is 4.98 Å². The van der Waals surface area contributed by atoms with Gasteiger partial charge in [-0.1, -0.05) is 13.0 Å². The van der Waals surface area contributed by atoms with E-state index in [1.165, 1.54) is 37.1 Å². The summed E-state index contributed by atoms with van der Waals surface area (Å²) in [7, 11) is 0. The third kappa shape index (κ3) is 2.70. The molecule has 3 heteroatoms. The molecule has 1 aliphatic heterocycles. The highest BCUT2D eigenvalue weighted by molar-refractivity contribution is 5.83. The summed E-state index contributed by atoms with van der Waals surface area (Å²) in [5.41, 5.74) is 5.65. The number of likely N-dealkylation sites (tertiary alicyclic amines) is 1. The van der Waals surface area contributed by atoms with E-state index in [0.717, 1.165) is 34.6 Å². The molecule has 118 valence electrons. The van der Waals surface area contributed by atoms with Crippen LogP contribution < -0.4 is 10.3 Å². The Bertz CT molecular complexity index is 760. The van der Waals surface area contributed by atoms with Gasteiger partial charge in [-0.15, -0.1) is 0 Å². The zero-order chi connectivity index (χ0) is 15.9. The molecular weight excluding hydrogens is 272 g/mol. The van der Waals surface area contributed by atoms with E-state index < -0.39 is 0 Å². The normalized spacial score (nSPS) is 22.2. The van der Waals surface area contributed by atoms with Crippen molar-refractivity contribution >= 4 is 10.9 Å². The molecule has 0 radical (unpaired) electrons. The summed E-state index contributed by atoms with van der Waals surface area (Å²) in [5, 5.41) is 0.841. The number of quaternary nitrogens is 1. The minimum absolute atomic E-state index is 0.222. The minimum Gasteiger partial charge on any atom is -0.358 e. The SMILES string of the molecule is Cc1ccc2c(=O)c(C[NH+]3CCC[C@@H](C)C3)c(C)[nH]c2c1C. The van der Waals surface area contributed by atoms with E-state index in [-0.39, 0.29) is 5.43 Å². The molecule has 1 aliphatic rings. The Kier molecular flexibility index (Phi) is 4.09. The summed E-state index contributed by atoms with van der Waals surface area (Å²) < 4.78 is 0.